The van der Waals surface area contributed by atoms with Crippen molar-refractivity contribution >= 4 is 57.3 Å². The van der Waals surface area contributed by atoms with Crippen LogP contribution in [0.1, 0.15) is 5.56 Å². The molecule has 1 aliphatic rings. The van der Waals surface area contributed by atoms with E-state index in [1.165, 1.54) is 6.08 Å². The molecule has 1 aliphatic heterocycles. The summed E-state index contributed by atoms with van der Waals surface area (Å²) in [5, 5.41) is 11.9. The van der Waals surface area contributed by atoms with E-state index in [9.17, 15) is 9.59 Å². The first-order chi connectivity index (χ1) is 10.4. The lowest BCUT2D eigenvalue weighted by atomic mass is 10.2. The van der Waals surface area contributed by atoms with Crippen LogP contribution in [0.3, 0.4) is 0 Å². The Morgan fingerprint density at radius 2 is 1.95 bits per heavy atom. The van der Waals surface area contributed by atoms with E-state index in [0.717, 1.165) is 4.90 Å². The van der Waals surface area contributed by atoms with E-state index in [0.29, 0.717) is 11.3 Å². The zero-order valence-electron chi connectivity index (χ0n) is 11.1. The fourth-order valence-electron chi connectivity index (χ4n) is 1.91. The molecule has 0 aromatic heterocycles. The quantitative estimate of drug-likeness (QED) is 0.791. The number of benzene rings is 1. The van der Waals surface area contributed by atoms with Gasteiger partial charge in [-0.05, 0) is 17.7 Å². The van der Waals surface area contributed by atoms with Crippen LogP contribution in [-0.2, 0) is 9.59 Å². The van der Waals surface area contributed by atoms with Gasteiger partial charge in [-0.15, -0.1) is 0 Å². The predicted octanol–water partition coefficient (Wildman–Crippen LogP) is 2.69. The molecule has 1 heterocycles. The Balaban J connectivity index is 2.21. The number of halogens is 3. The maximum atomic E-state index is 12.0. The molecule has 0 fully saturated rings. The van der Waals surface area contributed by atoms with E-state index in [1.807, 2.05) is 0 Å². The zero-order chi connectivity index (χ0) is 16.3. The van der Waals surface area contributed by atoms with Gasteiger partial charge < -0.3 is 10.4 Å². The summed E-state index contributed by atoms with van der Waals surface area (Å²) in [6, 6.07) is 6.74. The van der Waals surface area contributed by atoms with Crippen LogP contribution in [0.5, 0.6) is 0 Å². The second-order valence-electron chi connectivity index (χ2n) is 4.36. The topological polar surface area (TPSA) is 69.6 Å². The first-order valence-corrected chi connectivity index (χ1v) is 7.34. The minimum Gasteiger partial charge on any atom is -0.395 e. The fraction of sp³-hybridized carbons (Fsp3) is 0.143. The van der Waals surface area contributed by atoms with Crippen molar-refractivity contribution in [2.45, 2.75) is 0 Å². The van der Waals surface area contributed by atoms with Gasteiger partial charge in [0.25, 0.3) is 11.8 Å². The number of imide groups is 1. The largest absolute Gasteiger partial charge is 0.395 e. The highest BCUT2D eigenvalue weighted by atomic mass is 35.5. The third kappa shape index (κ3) is 3.62. The third-order valence-electron chi connectivity index (χ3n) is 2.89. The van der Waals surface area contributed by atoms with Crippen LogP contribution in [0.4, 0.5) is 5.69 Å². The minimum atomic E-state index is -0.499. The van der Waals surface area contributed by atoms with Crippen molar-refractivity contribution in [2.75, 3.05) is 18.5 Å². The lowest BCUT2D eigenvalue weighted by Crippen LogP contribution is -2.34. The Kier molecular flexibility index (Phi) is 5.47. The van der Waals surface area contributed by atoms with Gasteiger partial charge in [-0.3, -0.25) is 14.5 Å². The van der Waals surface area contributed by atoms with Gasteiger partial charge in [-0.1, -0.05) is 46.9 Å². The Labute approximate surface area is 141 Å². The van der Waals surface area contributed by atoms with Gasteiger partial charge in [0.05, 0.1) is 18.2 Å². The van der Waals surface area contributed by atoms with Crippen LogP contribution in [0.2, 0.25) is 0 Å². The number of aliphatic hydroxyl groups is 1. The molecule has 2 amide bonds. The van der Waals surface area contributed by atoms with Crippen molar-refractivity contribution in [3.8, 4) is 0 Å². The van der Waals surface area contributed by atoms with Gasteiger partial charge in [-0.2, -0.15) is 0 Å². The lowest BCUT2D eigenvalue weighted by Gasteiger charge is -2.13. The van der Waals surface area contributed by atoms with Crippen LogP contribution < -0.4 is 5.32 Å². The van der Waals surface area contributed by atoms with E-state index in [-0.39, 0.29) is 28.4 Å². The first-order valence-electron chi connectivity index (χ1n) is 6.20. The number of carbonyl (C=O) groups is 2. The molecule has 1 aromatic rings. The molecule has 116 valence electrons. The Morgan fingerprint density at radius 3 is 2.59 bits per heavy atom. The van der Waals surface area contributed by atoms with Gasteiger partial charge in [0.1, 0.15) is 10.2 Å². The number of carbonyl (C=O) groups excluding carboxylic acids is 2. The molecule has 5 nitrogen and oxygen atoms in total. The van der Waals surface area contributed by atoms with Crippen LogP contribution in [0.25, 0.3) is 5.03 Å². The molecule has 0 unspecified atom stereocenters. The van der Waals surface area contributed by atoms with E-state index in [4.69, 9.17) is 39.9 Å². The molecule has 0 saturated heterocycles. The normalized spacial score (nSPS) is 14.2. The Hall–Kier alpha value is -1.53. The monoisotopic (exact) mass is 360 g/mol. The lowest BCUT2D eigenvalue weighted by molar-refractivity contribution is -0.137. The molecule has 0 aliphatic carbocycles. The summed E-state index contributed by atoms with van der Waals surface area (Å²) in [5.41, 5.74) is 1.23. The van der Waals surface area contributed by atoms with Crippen molar-refractivity contribution in [1.29, 1.82) is 0 Å². The van der Waals surface area contributed by atoms with Crippen LogP contribution in [-0.4, -0.2) is 35.0 Å². The number of amides is 2. The highest BCUT2D eigenvalue weighted by Gasteiger charge is 2.30. The summed E-state index contributed by atoms with van der Waals surface area (Å²) in [4.78, 5) is 24.6. The number of aliphatic hydroxyl groups excluding tert-OH is 1. The smallest absolute Gasteiger partial charge is 0.277 e. The second kappa shape index (κ2) is 7.15. The molecular weight excluding hydrogens is 351 g/mol. The molecule has 2 N–H and O–H groups in total. The van der Waals surface area contributed by atoms with Gasteiger partial charge in [0.15, 0.2) is 0 Å². The first kappa shape index (κ1) is 16.8. The Bertz CT molecular complexity index is 682. The number of hydrogen-bond donors (Lipinski definition) is 2. The van der Waals surface area contributed by atoms with Crippen molar-refractivity contribution in [3.05, 3.63) is 46.1 Å². The summed E-state index contributed by atoms with van der Waals surface area (Å²) >= 11 is 17.2. The van der Waals surface area contributed by atoms with E-state index >= 15 is 0 Å². The number of nitrogens with zero attached hydrogens (tertiary/aromatic N) is 1. The van der Waals surface area contributed by atoms with Crippen molar-refractivity contribution in [2.24, 2.45) is 0 Å². The number of anilines is 1. The van der Waals surface area contributed by atoms with Gasteiger partial charge in [0.2, 0.25) is 0 Å². The number of rotatable bonds is 5. The van der Waals surface area contributed by atoms with Crippen molar-refractivity contribution in [3.63, 3.8) is 0 Å². The third-order valence-corrected chi connectivity index (χ3v) is 3.87. The SMILES string of the molecule is O=C1C=C(Nc2cccc(C(Cl)=C(Cl)Cl)c2)C(=O)N1CCO. The van der Waals surface area contributed by atoms with E-state index < -0.39 is 11.8 Å². The van der Waals surface area contributed by atoms with Gasteiger partial charge >= 0.3 is 0 Å². The standard InChI is InChI=1S/C14H11Cl3N2O3/c15-12(13(16)17)8-2-1-3-9(6-8)18-10-7-11(21)19(4-5-20)14(10)22/h1-3,6-7,18,20H,4-5H2. The number of hydrogen-bond acceptors (Lipinski definition) is 4. The maximum absolute atomic E-state index is 12.0. The van der Waals surface area contributed by atoms with Crippen molar-refractivity contribution in [1.82, 2.24) is 4.90 Å². The van der Waals surface area contributed by atoms with E-state index in [2.05, 4.69) is 5.32 Å². The molecule has 1 aromatic carbocycles. The zero-order valence-corrected chi connectivity index (χ0v) is 13.4. The van der Waals surface area contributed by atoms with Crippen LogP contribution in [0, 0.1) is 0 Å². The molecule has 8 heteroatoms. The molecule has 22 heavy (non-hydrogen) atoms. The van der Waals surface area contributed by atoms with Gasteiger partial charge in [-0.25, -0.2) is 0 Å². The van der Waals surface area contributed by atoms with Crippen molar-refractivity contribution < 1.29 is 14.7 Å². The summed E-state index contributed by atoms with van der Waals surface area (Å²) < 4.78 is -0.0701. The average molecular weight is 362 g/mol. The minimum absolute atomic E-state index is 0.0458. The molecule has 0 radical (unpaired) electrons. The molecule has 0 saturated carbocycles. The van der Waals surface area contributed by atoms with Gasteiger partial charge in [0, 0.05) is 11.8 Å². The van der Waals surface area contributed by atoms with Crippen LogP contribution in [0.15, 0.2) is 40.5 Å². The molecule has 0 bridgehead atoms. The maximum Gasteiger partial charge on any atom is 0.277 e. The molecule has 0 spiro atoms. The second-order valence-corrected chi connectivity index (χ2v) is 5.68. The highest BCUT2D eigenvalue weighted by molar-refractivity contribution is 6.66. The number of nitrogens with one attached hydrogen (secondary N) is 1. The molecule has 0 atom stereocenters. The Morgan fingerprint density at radius 1 is 1.23 bits per heavy atom. The summed E-state index contributed by atoms with van der Waals surface area (Å²) in [6.07, 6.45) is 1.18. The average Bonchev–Trinajstić information content (AvgIpc) is 2.74. The fourth-order valence-corrected chi connectivity index (χ4v) is 2.24. The predicted molar refractivity (Wildman–Crippen MR) is 86.4 cm³/mol. The van der Waals surface area contributed by atoms with Crippen LogP contribution >= 0.6 is 34.8 Å². The number of β-amino-alcohol motifs (C(OH)–C–C–N with tert-alkyl or cyclic N) is 1. The summed E-state index contributed by atoms with van der Waals surface area (Å²) in [6.45, 7) is -0.335. The van der Waals surface area contributed by atoms with E-state index in [1.54, 1.807) is 24.3 Å². The molecule has 2 rings (SSSR count). The molecular formula is C14H11Cl3N2O3. The summed E-state index contributed by atoms with van der Waals surface area (Å²) in [7, 11) is 0. The summed E-state index contributed by atoms with van der Waals surface area (Å²) in [5.74, 6) is -0.971. The highest BCUT2D eigenvalue weighted by Crippen LogP contribution is 2.29.